The molecule has 1 atom stereocenters. The Labute approximate surface area is 204 Å². The number of aryl methyl sites for hydroxylation is 1. The summed E-state index contributed by atoms with van der Waals surface area (Å²) in [4.78, 5) is 22.8. The number of aromatic amines is 1. The number of imidazole rings is 1. The Kier molecular flexibility index (Phi) is 6.35. The van der Waals surface area contributed by atoms with Gasteiger partial charge in [-0.1, -0.05) is 0 Å². The minimum absolute atomic E-state index is 0.0764. The molecule has 1 amide bonds. The standard InChI is InChI=1S/C27H30N4O4/c1-4-35-26-15-22-18(13-25(26)34-3)9-11-31(27(32)30-12-10-28-17-30)24(22)8-5-19-16-29-23-7-6-20(33-2)14-21(19)23/h6-7,10,12-17,24,29H,4-5,8-9,11H2,1-3H3. The first kappa shape index (κ1) is 22.8. The molecule has 0 saturated heterocycles. The number of methoxy groups -OCH3 is 2. The Balaban J connectivity index is 1.52. The Morgan fingerprint density at radius 3 is 2.80 bits per heavy atom. The third-order valence-electron chi connectivity index (χ3n) is 6.72. The van der Waals surface area contributed by atoms with Crippen LogP contribution in [0, 0.1) is 0 Å². The minimum Gasteiger partial charge on any atom is -0.497 e. The maximum atomic E-state index is 13.4. The van der Waals surface area contributed by atoms with E-state index in [0.29, 0.717) is 18.9 Å². The number of aromatic nitrogens is 3. The number of hydrogen-bond acceptors (Lipinski definition) is 5. The first-order valence-corrected chi connectivity index (χ1v) is 11.9. The summed E-state index contributed by atoms with van der Waals surface area (Å²) in [6, 6.07) is 9.96. The lowest BCUT2D eigenvalue weighted by molar-refractivity contribution is 0.166. The summed E-state index contributed by atoms with van der Waals surface area (Å²) in [5, 5.41) is 1.14. The van der Waals surface area contributed by atoms with Crippen molar-refractivity contribution in [3.05, 3.63) is 71.9 Å². The normalized spacial score (nSPS) is 15.2. The van der Waals surface area contributed by atoms with E-state index in [-0.39, 0.29) is 12.1 Å². The van der Waals surface area contributed by atoms with Crippen LogP contribution in [0.4, 0.5) is 4.79 Å². The number of carbonyl (C=O) groups is 1. The number of amides is 1. The third-order valence-corrected chi connectivity index (χ3v) is 6.72. The van der Waals surface area contributed by atoms with E-state index in [2.05, 4.69) is 28.3 Å². The van der Waals surface area contributed by atoms with Gasteiger partial charge >= 0.3 is 6.03 Å². The zero-order valence-electron chi connectivity index (χ0n) is 20.3. The van der Waals surface area contributed by atoms with E-state index >= 15 is 0 Å². The monoisotopic (exact) mass is 474 g/mol. The molecule has 0 radical (unpaired) electrons. The smallest absolute Gasteiger partial charge is 0.329 e. The highest BCUT2D eigenvalue weighted by Crippen LogP contribution is 2.40. The SMILES string of the molecule is CCOc1cc2c(cc1OC)CCN(C(=O)n1ccnc1)C2CCc1c[nH]c2ccc(OC)cc12. The van der Waals surface area contributed by atoms with Crippen LogP contribution in [-0.2, 0) is 12.8 Å². The molecule has 0 aliphatic carbocycles. The summed E-state index contributed by atoms with van der Waals surface area (Å²) in [5.74, 6) is 2.25. The van der Waals surface area contributed by atoms with Crippen molar-refractivity contribution in [1.82, 2.24) is 19.4 Å². The fourth-order valence-corrected chi connectivity index (χ4v) is 4.98. The van der Waals surface area contributed by atoms with E-state index in [1.165, 1.54) is 11.1 Å². The van der Waals surface area contributed by atoms with E-state index in [1.54, 1.807) is 37.5 Å². The first-order valence-electron chi connectivity index (χ1n) is 11.9. The van der Waals surface area contributed by atoms with Crippen molar-refractivity contribution in [2.24, 2.45) is 0 Å². The molecule has 0 fully saturated rings. The van der Waals surface area contributed by atoms with Crippen LogP contribution in [0.2, 0.25) is 0 Å². The molecule has 1 unspecified atom stereocenters. The summed E-state index contributed by atoms with van der Waals surface area (Å²) in [6.07, 6.45) is 9.23. The molecule has 0 bridgehead atoms. The van der Waals surface area contributed by atoms with Crippen LogP contribution in [0.15, 0.2) is 55.2 Å². The minimum atomic E-state index is -0.116. The van der Waals surface area contributed by atoms with Gasteiger partial charge in [-0.05, 0) is 73.2 Å². The van der Waals surface area contributed by atoms with Crippen LogP contribution in [0.5, 0.6) is 17.2 Å². The average Bonchev–Trinajstić information content (AvgIpc) is 3.56. The van der Waals surface area contributed by atoms with Crippen LogP contribution in [0.1, 0.15) is 36.1 Å². The molecular weight excluding hydrogens is 444 g/mol. The van der Waals surface area contributed by atoms with Crippen molar-refractivity contribution in [3.63, 3.8) is 0 Å². The number of nitrogens with one attached hydrogen (secondary N) is 1. The molecule has 4 aromatic rings. The van der Waals surface area contributed by atoms with Gasteiger partial charge in [0.15, 0.2) is 11.5 Å². The van der Waals surface area contributed by atoms with Crippen molar-refractivity contribution >= 4 is 16.9 Å². The van der Waals surface area contributed by atoms with Gasteiger partial charge in [0.1, 0.15) is 12.1 Å². The molecule has 2 aromatic carbocycles. The highest BCUT2D eigenvalue weighted by molar-refractivity contribution is 5.84. The van der Waals surface area contributed by atoms with E-state index in [4.69, 9.17) is 14.2 Å². The molecule has 0 spiro atoms. The molecule has 3 heterocycles. The van der Waals surface area contributed by atoms with Crippen LogP contribution >= 0.6 is 0 Å². The number of carbonyl (C=O) groups excluding carboxylic acids is 1. The fraction of sp³-hybridized carbons (Fsp3) is 0.333. The Hall–Kier alpha value is -3.94. The van der Waals surface area contributed by atoms with Gasteiger partial charge in [0.05, 0.1) is 26.9 Å². The van der Waals surface area contributed by atoms with Gasteiger partial charge in [-0.3, -0.25) is 4.57 Å². The predicted octanol–water partition coefficient (Wildman–Crippen LogP) is 4.98. The number of fused-ring (bicyclic) bond motifs is 2. The van der Waals surface area contributed by atoms with E-state index < -0.39 is 0 Å². The molecule has 0 saturated carbocycles. The Morgan fingerprint density at radius 2 is 2.06 bits per heavy atom. The molecule has 2 aromatic heterocycles. The number of benzene rings is 2. The summed E-state index contributed by atoms with van der Waals surface area (Å²) < 4.78 is 18.4. The van der Waals surface area contributed by atoms with Crippen molar-refractivity contribution < 1.29 is 19.0 Å². The van der Waals surface area contributed by atoms with E-state index in [1.807, 2.05) is 30.0 Å². The van der Waals surface area contributed by atoms with Gasteiger partial charge in [0.25, 0.3) is 0 Å². The lowest BCUT2D eigenvalue weighted by atomic mass is 9.88. The van der Waals surface area contributed by atoms with Gasteiger partial charge in [-0.15, -0.1) is 0 Å². The quantitative estimate of drug-likeness (QED) is 0.409. The first-order chi connectivity index (χ1) is 17.1. The Bertz CT molecular complexity index is 1330. The van der Waals surface area contributed by atoms with E-state index in [0.717, 1.165) is 47.2 Å². The number of nitrogens with zero attached hydrogens (tertiary/aromatic N) is 3. The highest BCUT2D eigenvalue weighted by atomic mass is 16.5. The van der Waals surface area contributed by atoms with E-state index in [9.17, 15) is 4.79 Å². The zero-order chi connectivity index (χ0) is 24.4. The lowest BCUT2D eigenvalue weighted by Crippen LogP contribution is -2.42. The zero-order valence-corrected chi connectivity index (χ0v) is 20.3. The van der Waals surface area contributed by atoms with Crippen LogP contribution in [-0.4, -0.2) is 52.8 Å². The van der Waals surface area contributed by atoms with Crippen LogP contribution < -0.4 is 14.2 Å². The van der Waals surface area contributed by atoms with Gasteiger partial charge in [-0.25, -0.2) is 9.78 Å². The van der Waals surface area contributed by atoms with Gasteiger partial charge < -0.3 is 24.1 Å². The van der Waals surface area contributed by atoms with Gasteiger partial charge in [0.2, 0.25) is 0 Å². The number of ether oxygens (including phenoxy) is 3. The van der Waals surface area contributed by atoms with Crippen molar-refractivity contribution in [2.75, 3.05) is 27.4 Å². The molecule has 1 aliphatic rings. The molecule has 8 heteroatoms. The maximum absolute atomic E-state index is 13.4. The molecule has 8 nitrogen and oxygen atoms in total. The summed E-state index contributed by atoms with van der Waals surface area (Å²) in [5.41, 5.74) is 4.55. The summed E-state index contributed by atoms with van der Waals surface area (Å²) in [7, 11) is 3.33. The van der Waals surface area contributed by atoms with Crippen molar-refractivity contribution in [1.29, 1.82) is 0 Å². The van der Waals surface area contributed by atoms with Crippen LogP contribution in [0.25, 0.3) is 10.9 Å². The number of hydrogen-bond donors (Lipinski definition) is 1. The second-order valence-electron chi connectivity index (χ2n) is 8.61. The Morgan fingerprint density at radius 1 is 1.17 bits per heavy atom. The molecular formula is C27H30N4O4. The van der Waals surface area contributed by atoms with Gasteiger partial charge in [-0.2, -0.15) is 0 Å². The number of rotatable bonds is 7. The van der Waals surface area contributed by atoms with Gasteiger partial charge in [0, 0.05) is 36.0 Å². The predicted molar refractivity (Wildman–Crippen MR) is 134 cm³/mol. The topological polar surface area (TPSA) is 81.6 Å². The third kappa shape index (κ3) is 4.32. The maximum Gasteiger partial charge on any atom is 0.329 e. The average molecular weight is 475 g/mol. The highest BCUT2D eigenvalue weighted by Gasteiger charge is 2.33. The second-order valence-corrected chi connectivity index (χ2v) is 8.61. The largest absolute Gasteiger partial charge is 0.497 e. The summed E-state index contributed by atoms with van der Waals surface area (Å²) >= 11 is 0. The van der Waals surface area contributed by atoms with Crippen LogP contribution in [0.3, 0.4) is 0 Å². The number of H-pyrrole nitrogens is 1. The second kappa shape index (κ2) is 9.74. The fourth-order valence-electron chi connectivity index (χ4n) is 4.98. The summed E-state index contributed by atoms with van der Waals surface area (Å²) in [6.45, 7) is 3.11. The van der Waals surface area contributed by atoms with Crippen molar-refractivity contribution in [2.45, 2.75) is 32.2 Å². The lowest BCUT2D eigenvalue weighted by Gasteiger charge is -2.38. The molecule has 182 valence electrons. The molecule has 35 heavy (non-hydrogen) atoms. The van der Waals surface area contributed by atoms with Crippen molar-refractivity contribution in [3.8, 4) is 17.2 Å². The molecule has 5 rings (SSSR count). The molecule has 1 aliphatic heterocycles. The molecule has 1 N–H and O–H groups in total.